The van der Waals surface area contributed by atoms with Crippen LogP contribution in [0.5, 0.6) is 0 Å². The Hall–Kier alpha value is -2.40. The minimum Gasteiger partial charge on any atom is -0.481 e. The third-order valence-electron chi connectivity index (χ3n) is 4.90. The maximum absolute atomic E-state index is 12.6. The number of carbonyl (C=O) groups is 2. The number of likely N-dealkylation sites (tertiary alicyclic amines) is 1. The molecule has 0 radical (unpaired) electrons. The Kier molecular flexibility index (Phi) is 3.13. The average molecular weight is 311 g/mol. The van der Waals surface area contributed by atoms with Gasteiger partial charge in [-0.25, -0.2) is 0 Å². The lowest BCUT2D eigenvalue weighted by Crippen LogP contribution is -2.39. The Labute approximate surface area is 133 Å². The molecule has 23 heavy (non-hydrogen) atoms. The van der Waals surface area contributed by atoms with E-state index in [4.69, 9.17) is 4.74 Å². The summed E-state index contributed by atoms with van der Waals surface area (Å²) in [6.07, 6.45) is 7.08. The van der Waals surface area contributed by atoms with Crippen molar-refractivity contribution in [3.05, 3.63) is 54.1 Å². The van der Waals surface area contributed by atoms with Crippen molar-refractivity contribution in [1.82, 2.24) is 4.90 Å². The summed E-state index contributed by atoms with van der Waals surface area (Å²) < 4.78 is 5.84. The van der Waals surface area contributed by atoms with Crippen LogP contribution in [-0.4, -0.2) is 46.7 Å². The fraction of sp³-hybridized carbons (Fsp3) is 0.333. The fourth-order valence-corrected chi connectivity index (χ4v) is 3.89. The van der Waals surface area contributed by atoms with Gasteiger partial charge in [-0.3, -0.25) is 9.59 Å². The molecule has 1 aromatic rings. The second-order valence-corrected chi connectivity index (χ2v) is 6.27. The first-order valence-corrected chi connectivity index (χ1v) is 7.71. The molecule has 0 unspecified atom stereocenters. The lowest BCUT2D eigenvalue weighted by atomic mass is 9.77. The van der Waals surface area contributed by atoms with Crippen LogP contribution in [0.25, 0.3) is 6.08 Å². The molecule has 1 spiro atoms. The maximum Gasteiger partial charge on any atom is 0.310 e. The standard InChI is InChI=1S/C18H17NO4/c20-16-15-14(17(21)22)13-8-9-18(15,23-13)11-19(16)10-4-7-12-5-2-1-3-6-12/h1-9,13-15H,10-11H2,(H,21,22)/b7-4+/t13-,14-,15-,18+/m1/s1. The largest absolute Gasteiger partial charge is 0.481 e. The van der Waals surface area contributed by atoms with E-state index in [1.165, 1.54) is 0 Å². The molecular formula is C18H17NO4. The summed E-state index contributed by atoms with van der Waals surface area (Å²) in [7, 11) is 0. The Morgan fingerprint density at radius 1 is 1.39 bits per heavy atom. The van der Waals surface area contributed by atoms with E-state index in [0.717, 1.165) is 5.56 Å². The highest BCUT2D eigenvalue weighted by Crippen LogP contribution is 2.51. The van der Waals surface area contributed by atoms with Crippen LogP contribution in [0.4, 0.5) is 0 Å². The summed E-state index contributed by atoms with van der Waals surface area (Å²) >= 11 is 0. The number of hydrogen-bond acceptors (Lipinski definition) is 3. The molecule has 2 fully saturated rings. The normalized spacial score (nSPS) is 34.5. The third kappa shape index (κ3) is 2.11. The van der Waals surface area contributed by atoms with E-state index >= 15 is 0 Å². The van der Waals surface area contributed by atoms with Crippen molar-refractivity contribution in [2.45, 2.75) is 11.7 Å². The van der Waals surface area contributed by atoms with E-state index in [1.54, 1.807) is 11.0 Å². The highest BCUT2D eigenvalue weighted by Gasteiger charge is 2.66. The van der Waals surface area contributed by atoms with Crippen LogP contribution in [0.3, 0.4) is 0 Å². The highest BCUT2D eigenvalue weighted by atomic mass is 16.5. The van der Waals surface area contributed by atoms with Crippen molar-refractivity contribution in [2.75, 3.05) is 13.1 Å². The Balaban J connectivity index is 1.51. The summed E-state index contributed by atoms with van der Waals surface area (Å²) in [5.41, 5.74) is 0.323. The Bertz CT molecular complexity index is 711. The lowest BCUT2D eigenvalue weighted by Gasteiger charge is -2.21. The summed E-state index contributed by atoms with van der Waals surface area (Å²) in [5, 5.41) is 9.41. The van der Waals surface area contributed by atoms with Crippen molar-refractivity contribution in [1.29, 1.82) is 0 Å². The van der Waals surface area contributed by atoms with Crippen LogP contribution in [0.1, 0.15) is 5.56 Å². The van der Waals surface area contributed by atoms with Crippen molar-refractivity contribution < 1.29 is 19.4 Å². The number of fused-ring (bicyclic) bond motifs is 1. The van der Waals surface area contributed by atoms with Gasteiger partial charge in [-0.15, -0.1) is 0 Å². The molecular weight excluding hydrogens is 294 g/mol. The molecule has 0 aromatic heterocycles. The number of nitrogens with zero attached hydrogens (tertiary/aromatic N) is 1. The molecule has 4 rings (SSSR count). The van der Waals surface area contributed by atoms with Crippen molar-refractivity contribution in [2.24, 2.45) is 11.8 Å². The Morgan fingerprint density at radius 3 is 2.91 bits per heavy atom. The van der Waals surface area contributed by atoms with Crippen LogP contribution in [0, 0.1) is 11.8 Å². The van der Waals surface area contributed by atoms with Gasteiger partial charge < -0.3 is 14.7 Å². The summed E-state index contributed by atoms with van der Waals surface area (Å²) in [6, 6.07) is 9.85. The SMILES string of the molecule is O=C(O)[C@@H]1[C@H]2C=C[C@@]3(CN(C/C=C/c4ccccc4)C(=O)[C@@H]13)O2. The highest BCUT2D eigenvalue weighted by molar-refractivity contribution is 5.90. The average Bonchev–Trinajstić information content (AvgIpc) is 3.17. The smallest absolute Gasteiger partial charge is 0.310 e. The van der Waals surface area contributed by atoms with Crippen LogP contribution in [-0.2, 0) is 14.3 Å². The van der Waals surface area contributed by atoms with Gasteiger partial charge in [0.25, 0.3) is 0 Å². The minimum atomic E-state index is -0.957. The van der Waals surface area contributed by atoms with Crippen molar-refractivity contribution >= 4 is 18.0 Å². The summed E-state index contributed by atoms with van der Waals surface area (Å²) in [4.78, 5) is 25.8. The molecule has 2 bridgehead atoms. The molecule has 0 saturated carbocycles. The first kappa shape index (κ1) is 14.2. The predicted octanol–water partition coefficient (Wildman–Crippen LogP) is 1.57. The van der Waals surface area contributed by atoms with E-state index in [2.05, 4.69) is 0 Å². The van der Waals surface area contributed by atoms with Crippen LogP contribution in [0.2, 0.25) is 0 Å². The third-order valence-corrected chi connectivity index (χ3v) is 4.90. The molecule has 1 N–H and O–H groups in total. The fourth-order valence-electron chi connectivity index (χ4n) is 3.89. The van der Waals surface area contributed by atoms with Gasteiger partial charge in [0.1, 0.15) is 11.5 Å². The van der Waals surface area contributed by atoms with E-state index < -0.39 is 29.5 Å². The monoisotopic (exact) mass is 311 g/mol. The van der Waals surface area contributed by atoms with Gasteiger partial charge in [-0.1, -0.05) is 54.6 Å². The molecule has 0 aliphatic carbocycles. The van der Waals surface area contributed by atoms with Gasteiger partial charge in [-0.2, -0.15) is 0 Å². The van der Waals surface area contributed by atoms with Gasteiger partial charge in [0.05, 0.1) is 18.6 Å². The number of carbonyl (C=O) groups excluding carboxylic acids is 1. The second kappa shape index (κ2) is 5.06. The zero-order valence-electron chi connectivity index (χ0n) is 12.5. The number of ether oxygens (including phenoxy) is 1. The zero-order chi connectivity index (χ0) is 16.0. The molecule has 1 aromatic carbocycles. The molecule has 3 aliphatic rings. The summed E-state index contributed by atoms with van der Waals surface area (Å²) in [6.45, 7) is 0.882. The molecule has 2 saturated heterocycles. The van der Waals surface area contributed by atoms with Gasteiger partial charge in [0.2, 0.25) is 5.91 Å². The van der Waals surface area contributed by atoms with Gasteiger partial charge in [-0.05, 0) is 5.56 Å². The van der Waals surface area contributed by atoms with Gasteiger partial charge >= 0.3 is 5.97 Å². The number of hydrogen-bond donors (Lipinski definition) is 1. The first-order chi connectivity index (χ1) is 11.1. The number of amides is 1. The number of benzene rings is 1. The molecule has 118 valence electrons. The van der Waals surface area contributed by atoms with E-state index in [-0.39, 0.29) is 5.91 Å². The lowest BCUT2D eigenvalue weighted by molar-refractivity contribution is -0.147. The second-order valence-electron chi connectivity index (χ2n) is 6.27. The molecule has 3 heterocycles. The molecule has 1 amide bonds. The van der Waals surface area contributed by atoms with Gasteiger partial charge in [0, 0.05) is 6.54 Å². The van der Waals surface area contributed by atoms with E-state index in [9.17, 15) is 14.7 Å². The van der Waals surface area contributed by atoms with Crippen molar-refractivity contribution in [3.8, 4) is 0 Å². The minimum absolute atomic E-state index is 0.123. The maximum atomic E-state index is 12.6. The molecule has 4 atom stereocenters. The van der Waals surface area contributed by atoms with Crippen LogP contribution >= 0.6 is 0 Å². The number of aliphatic carboxylic acids is 1. The Morgan fingerprint density at radius 2 is 2.17 bits per heavy atom. The molecule has 5 nitrogen and oxygen atoms in total. The van der Waals surface area contributed by atoms with Gasteiger partial charge in [0.15, 0.2) is 0 Å². The number of rotatable bonds is 4. The first-order valence-electron chi connectivity index (χ1n) is 7.71. The van der Waals surface area contributed by atoms with E-state index in [0.29, 0.717) is 13.1 Å². The zero-order valence-corrected chi connectivity index (χ0v) is 12.5. The number of carboxylic acid groups (broad SMARTS) is 1. The van der Waals surface area contributed by atoms with E-state index in [1.807, 2.05) is 48.6 Å². The molecule has 5 heteroatoms. The number of carboxylic acids is 1. The van der Waals surface area contributed by atoms with Crippen LogP contribution in [0.15, 0.2) is 48.6 Å². The topological polar surface area (TPSA) is 66.8 Å². The molecule has 3 aliphatic heterocycles. The van der Waals surface area contributed by atoms with Crippen LogP contribution < -0.4 is 0 Å². The quantitative estimate of drug-likeness (QED) is 0.857. The summed E-state index contributed by atoms with van der Waals surface area (Å²) in [5.74, 6) is -2.45. The predicted molar refractivity (Wildman–Crippen MR) is 83.4 cm³/mol. The van der Waals surface area contributed by atoms with Crippen molar-refractivity contribution in [3.63, 3.8) is 0 Å².